The maximum Gasteiger partial charge on any atom is 0.328 e. The normalized spacial score (nSPS) is 11.7. The molecule has 2 heterocycles. The third-order valence-electron chi connectivity index (χ3n) is 6.96. The van der Waals surface area contributed by atoms with E-state index in [2.05, 4.69) is 10.3 Å². The number of ether oxygens (including phenoxy) is 2. The average molecular weight is 568 g/mol. The predicted molar refractivity (Wildman–Crippen MR) is 159 cm³/mol. The van der Waals surface area contributed by atoms with Crippen molar-refractivity contribution in [1.29, 1.82) is 0 Å². The molecule has 2 aromatic heterocycles. The van der Waals surface area contributed by atoms with Crippen molar-refractivity contribution in [2.24, 2.45) is 0 Å². The van der Waals surface area contributed by atoms with Crippen molar-refractivity contribution in [3.63, 3.8) is 0 Å². The van der Waals surface area contributed by atoms with Crippen LogP contribution in [0, 0.1) is 13.8 Å². The molecule has 3 aromatic carbocycles. The molecule has 208 valence electrons. The van der Waals surface area contributed by atoms with Crippen molar-refractivity contribution >= 4 is 29.1 Å². The van der Waals surface area contributed by atoms with E-state index < -0.39 is 17.9 Å². The Balaban J connectivity index is 1.31. The maximum absolute atomic E-state index is 13.3. The van der Waals surface area contributed by atoms with Gasteiger partial charge in [0.2, 0.25) is 0 Å². The Morgan fingerprint density at radius 1 is 0.951 bits per heavy atom. The zero-order chi connectivity index (χ0) is 28.9. The molecule has 0 saturated heterocycles. The first-order valence-corrected chi connectivity index (χ1v) is 13.6. The van der Waals surface area contributed by atoms with Crippen molar-refractivity contribution in [2.75, 3.05) is 7.11 Å². The molecule has 5 aromatic rings. The van der Waals surface area contributed by atoms with E-state index in [0.717, 1.165) is 33.5 Å². The predicted octanol–water partition coefficient (Wildman–Crippen LogP) is 6.36. The number of carbonyl (C=O) groups excluding carboxylic acids is 2. The molecule has 41 heavy (non-hydrogen) atoms. The summed E-state index contributed by atoms with van der Waals surface area (Å²) >= 11 is 6.08. The van der Waals surface area contributed by atoms with Crippen LogP contribution in [0.15, 0.2) is 91.1 Å². The highest BCUT2D eigenvalue weighted by molar-refractivity contribution is 6.30. The molecule has 0 aliphatic rings. The highest BCUT2D eigenvalue weighted by atomic mass is 35.5. The molecule has 0 radical (unpaired) electrons. The highest BCUT2D eigenvalue weighted by Crippen LogP contribution is 2.30. The summed E-state index contributed by atoms with van der Waals surface area (Å²) < 4.78 is 12.7. The van der Waals surface area contributed by atoms with Crippen LogP contribution in [0.2, 0.25) is 5.02 Å². The lowest BCUT2D eigenvalue weighted by atomic mass is 9.99. The molecular weight excluding hydrogens is 538 g/mol. The van der Waals surface area contributed by atoms with Crippen LogP contribution >= 0.6 is 11.6 Å². The monoisotopic (exact) mass is 567 g/mol. The van der Waals surface area contributed by atoms with Crippen LogP contribution in [0.3, 0.4) is 0 Å². The largest absolute Gasteiger partial charge is 0.489 e. The fourth-order valence-corrected chi connectivity index (χ4v) is 4.99. The number of hydrogen-bond acceptors (Lipinski definition) is 5. The standard InChI is InChI=1S/C33H30ClN3O4/c1-21-17-30-35-29(19-37(30)22(2)31(21)25-11-13-26(34)14-12-25)32(38)36-28(33(39)40-3)18-23-9-15-27(16-10-23)41-20-24-7-5-4-6-8-24/h4-17,19,28H,18,20H2,1-3H3,(H,36,38)/t28-/m0/s1. The Morgan fingerprint density at radius 3 is 2.34 bits per heavy atom. The number of carbonyl (C=O) groups is 2. The van der Waals surface area contributed by atoms with Gasteiger partial charge in [-0.05, 0) is 66.4 Å². The van der Waals surface area contributed by atoms with Crippen molar-refractivity contribution in [2.45, 2.75) is 32.9 Å². The third kappa shape index (κ3) is 6.42. The second-order valence-electron chi connectivity index (χ2n) is 9.82. The lowest BCUT2D eigenvalue weighted by molar-refractivity contribution is -0.142. The zero-order valence-electron chi connectivity index (χ0n) is 23.1. The van der Waals surface area contributed by atoms with Crippen LogP contribution in [-0.2, 0) is 22.6 Å². The molecule has 1 atom stereocenters. The summed E-state index contributed by atoms with van der Waals surface area (Å²) in [6, 6.07) is 26.0. The smallest absolute Gasteiger partial charge is 0.328 e. The molecular formula is C33H30ClN3O4. The van der Waals surface area contributed by atoms with Gasteiger partial charge < -0.3 is 19.2 Å². The number of nitrogens with zero attached hydrogens (tertiary/aromatic N) is 2. The number of esters is 1. The summed E-state index contributed by atoms with van der Waals surface area (Å²) in [6.45, 7) is 4.45. The first-order valence-electron chi connectivity index (χ1n) is 13.2. The van der Waals surface area contributed by atoms with E-state index >= 15 is 0 Å². The van der Waals surface area contributed by atoms with Gasteiger partial charge in [0, 0.05) is 28.9 Å². The molecule has 0 aliphatic carbocycles. The van der Waals surface area contributed by atoms with Crippen molar-refractivity contribution in [3.05, 3.63) is 124 Å². The zero-order valence-corrected chi connectivity index (χ0v) is 23.8. The topological polar surface area (TPSA) is 81.9 Å². The van der Waals surface area contributed by atoms with Crippen LogP contribution in [0.4, 0.5) is 0 Å². The average Bonchev–Trinajstić information content (AvgIpc) is 3.42. The number of methoxy groups -OCH3 is 1. The molecule has 0 aliphatic heterocycles. The minimum Gasteiger partial charge on any atom is -0.489 e. The second-order valence-corrected chi connectivity index (χ2v) is 10.3. The van der Waals surface area contributed by atoms with E-state index in [1.165, 1.54) is 7.11 Å². The van der Waals surface area contributed by atoms with Crippen molar-refractivity contribution in [1.82, 2.24) is 14.7 Å². The van der Waals surface area contributed by atoms with E-state index in [9.17, 15) is 9.59 Å². The van der Waals surface area contributed by atoms with Gasteiger partial charge in [0.25, 0.3) is 5.91 Å². The Labute approximate surface area is 243 Å². The first-order chi connectivity index (χ1) is 19.8. The fraction of sp³-hybridized carbons (Fsp3) is 0.182. The summed E-state index contributed by atoms with van der Waals surface area (Å²) in [5.74, 6) is -0.287. The molecule has 0 fully saturated rings. The Hall–Kier alpha value is -4.62. The molecule has 0 spiro atoms. The SMILES string of the molecule is COC(=O)[C@H](Cc1ccc(OCc2ccccc2)cc1)NC(=O)c1cn2c(C)c(-c3ccc(Cl)cc3)c(C)cc2n1. The lowest BCUT2D eigenvalue weighted by Gasteiger charge is -2.16. The number of hydrogen-bond donors (Lipinski definition) is 1. The van der Waals surface area contributed by atoms with Gasteiger partial charge in [0.1, 0.15) is 29.7 Å². The molecule has 0 saturated carbocycles. The summed E-state index contributed by atoms with van der Waals surface area (Å²) in [7, 11) is 1.30. The quantitative estimate of drug-likeness (QED) is 0.209. The van der Waals surface area contributed by atoms with Gasteiger partial charge in [0.15, 0.2) is 0 Å². The second kappa shape index (κ2) is 12.3. The highest BCUT2D eigenvalue weighted by Gasteiger charge is 2.24. The lowest BCUT2D eigenvalue weighted by Crippen LogP contribution is -2.43. The van der Waals surface area contributed by atoms with E-state index in [0.29, 0.717) is 23.0 Å². The van der Waals surface area contributed by atoms with Gasteiger partial charge >= 0.3 is 5.97 Å². The van der Waals surface area contributed by atoms with E-state index in [4.69, 9.17) is 21.1 Å². The Morgan fingerprint density at radius 2 is 1.66 bits per heavy atom. The van der Waals surface area contributed by atoms with Crippen LogP contribution in [0.25, 0.3) is 16.8 Å². The summed E-state index contributed by atoms with van der Waals surface area (Å²) in [5, 5.41) is 3.47. The minimum absolute atomic E-state index is 0.208. The van der Waals surface area contributed by atoms with Gasteiger partial charge in [-0.25, -0.2) is 9.78 Å². The minimum atomic E-state index is -0.888. The van der Waals surface area contributed by atoms with Crippen LogP contribution < -0.4 is 10.1 Å². The Kier molecular flexibility index (Phi) is 8.36. The fourth-order valence-electron chi connectivity index (χ4n) is 4.87. The van der Waals surface area contributed by atoms with Gasteiger partial charge in [-0.2, -0.15) is 0 Å². The number of fused-ring (bicyclic) bond motifs is 1. The van der Waals surface area contributed by atoms with Gasteiger partial charge in [0.05, 0.1) is 7.11 Å². The molecule has 7 nitrogen and oxygen atoms in total. The van der Waals surface area contributed by atoms with Gasteiger partial charge in [-0.1, -0.05) is 66.2 Å². The van der Waals surface area contributed by atoms with Crippen molar-refractivity contribution in [3.8, 4) is 16.9 Å². The summed E-state index contributed by atoms with van der Waals surface area (Å²) in [5.41, 5.74) is 6.80. The molecule has 0 unspecified atom stereocenters. The summed E-state index contributed by atoms with van der Waals surface area (Å²) in [6.07, 6.45) is 1.94. The number of amides is 1. The van der Waals surface area contributed by atoms with Crippen LogP contribution in [0.5, 0.6) is 5.75 Å². The maximum atomic E-state index is 13.3. The van der Waals surface area contributed by atoms with Crippen molar-refractivity contribution < 1.29 is 19.1 Å². The molecule has 0 bridgehead atoms. The Bertz CT molecular complexity index is 1680. The van der Waals surface area contributed by atoms with E-state index in [1.54, 1.807) is 6.20 Å². The number of aromatic nitrogens is 2. The van der Waals surface area contributed by atoms with Gasteiger partial charge in [-0.3, -0.25) is 4.79 Å². The van der Waals surface area contributed by atoms with Gasteiger partial charge in [-0.15, -0.1) is 0 Å². The molecule has 8 heteroatoms. The van der Waals surface area contributed by atoms with E-state index in [-0.39, 0.29) is 12.1 Å². The molecule has 1 amide bonds. The molecule has 5 rings (SSSR count). The van der Waals surface area contributed by atoms with E-state index in [1.807, 2.05) is 103 Å². The third-order valence-corrected chi connectivity index (χ3v) is 7.22. The number of pyridine rings is 1. The van der Waals surface area contributed by atoms with Crippen LogP contribution in [-0.4, -0.2) is 34.4 Å². The number of nitrogens with one attached hydrogen (secondary N) is 1. The summed E-state index contributed by atoms with van der Waals surface area (Å²) in [4.78, 5) is 30.4. The number of aryl methyl sites for hydroxylation is 2. The number of imidazole rings is 1. The number of rotatable bonds is 9. The number of halogens is 1. The number of benzene rings is 3. The molecule has 1 N–H and O–H groups in total. The van der Waals surface area contributed by atoms with Crippen LogP contribution in [0.1, 0.15) is 32.9 Å². The first kappa shape index (κ1) is 27.9.